The molecule has 1 heterocycles. The summed E-state index contributed by atoms with van der Waals surface area (Å²) in [5.41, 5.74) is 5.29. The van der Waals surface area contributed by atoms with Crippen LogP contribution in [-0.4, -0.2) is 58.1 Å². The summed E-state index contributed by atoms with van der Waals surface area (Å²) in [5.74, 6) is 0.436. The lowest BCUT2D eigenvalue weighted by Gasteiger charge is -2.38. The Morgan fingerprint density at radius 2 is 1.63 bits per heavy atom. The van der Waals surface area contributed by atoms with Gasteiger partial charge in [0.1, 0.15) is 11.8 Å². The number of hydrogen-bond acceptors (Lipinski definition) is 5. The van der Waals surface area contributed by atoms with Gasteiger partial charge < -0.3 is 14.5 Å². The molecule has 0 radical (unpaired) electrons. The van der Waals surface area contributed by atoms with E-state index in [4.69, 9.17) is 4.74 Å². The number of piperazine rings is 1. The largest absolute Gasteiger partial charge is 0.494 e. The highest BCUT2D eigenvalue weighted by molar-refractivity contribution is 7.89. The van der Waals surface area contributed by atoms with Crippen molar-refractivity contribution in [1.82, 2.24) is 9.62 Å². The van der Waals surface area contributed by atoms with Gasteiger partial charge in [0.25, 0.3) is 0 Å². The van der Waals surface area contributed by atoms with Gasteiger partial charge in [-0.15, -0.1) is 0 Å². The molecule has 0 aliphatic carbocycles. The molecular formula is C30H37N3O4S. The molecule has 202 valence electrons. The summed E-state index contributed by atoms with van der Waals surface area (Å²) in [6, 6.07) is 19.6. The van der Waals surface area contributed by atoms with Crippen molar-refractivity contribution in [1.29, 1.82) is 0 Å². The van der Waals surface area contributed by atoms with Crippen LogP contribution in [0.3, 0.4) is 0 Å². The number of benzene rings is 3. The van der Waals surface area contributed by atoms with E-state index < -0.39 is 16.1 Å². The van der Waals surface area contributed by atoms with Gasteiger partial charge >= 0.3 is 0 Å². The predicted octanol–water partition coefficient (Wildman–Crippen LogP) is 4.25. The van der Waals surface area contributed by atoms with E-state index in [9.17, 15) is 13.2 Å². The van der Waals surface area contributed by atoms with E-state index in [1.807, 2.05) is 44.2 Å². The van der Waals surface area contributed by atoms with Crippen LogP contribution in [-0.2, 0) is 21.2 Å². The van der Waals surface area contributed by atoms with Gasteiger partial charge in [0.15, 0.2) is 0 Å². The molecule has 0 aromatic heterocycles. The molecule has 1 saturated heterocycles. The first-order valence-corrected chi connectivity index (χ1v) is 14.6. The minimum Gasteiger partial charge on any atom is -0.494 e. The number of sulfonamides is 1. The van der Waals surface area contributed by atoms with Crippen LogP contribution in [0.4, 0.5) is 5.69 Å². The first-order valence-electron chi connectivity index (χ1n) is 13.1. The molecule has 3 aromatic rings. The van der Waals surface area contributed by atoms with E-state index in [1.165, 1.54) is 22.9 Å². The summed E-state index contributed by atoms with van der Waals surface area (Å²) in [6.07, 6.45) is 0.270. The molecule has 0 saturated carbocycles. The van der Waals surface area contributed by atoms with Gasteiger partial charge in [-0.05, 0) is 80.6 Å². The fourth-order valence-electron chi connectivity index (χ4n) is 4.86. The Bertz CT molecular complexity index is 1370. The van der Waals surface area contributed by atoms with Crippen LogP contribution in [0.5, 0.6) is 5.75 Å². The second kappa shape index (κ2) is 12.0. The number of carbonyl (C=O) groups excluding carboxylic acids is 1. The number of ether oxygens (including phenoxy) is 1. The fraction of sp³-hybridized carbons (Fsp3) is 0.367. The lowest BCUT2D eigenvalue weighted by atomic mass is 10.0. The smallest absolute Gasteiger partial charge is 0.241 e. The van der Waals surface area contributed by atoms with E-state index in [0.717, 1.165) is 11.1 Å². The highest BCUT2D eigenvalue weighted by atomic mass is 32.2. The zero-order chi connectivity index (χ0) is 27.3. The molecule has 4 rings (SSSR count). The number of aryl methyl sites for hydroxylation is 2. The van der Waals surface area contributed by atoms with Gasteiger partial charge in [-0.2, -0.15) is 4.72 Å². The Kier molecular flexibility index (Phi) is 8.74. The lowest BCUT2D eigenvalue weighted by Crippen LogP contribution is -2.55. The van der Waals surface area contributed by atoms with Gasteiger partial charge in [-0.25, -0.2) is 8.42 Å². The standard InChI is InChI=1S/C30H37N3O4S/c1-5-37-29-15-14-26(20-23(29)3)38(35,36)31-27(21-25-11-7-6-8-12-25)30(34)33-18-16-32(17-19-33)28-13-9-10-22(2)24(28)4/h6-15,20,27,31H,5,16-19,21H2,1-4H3. The molecule has 1 fully saturated rings. The van der Waals surface area contributed by atoms with Crippen LogP contribution in [0, 0.1) is 20.8 Å². The maximum absolute atomic E-state index is 13.7. The maximum atomic E-state index is 13.7. The Labute approximate surface area is 226 Å². The minimum absolute atomic E-state index is 0.115. The Morgan fingerprint density at radius 1 is 0.921 bits per heavy atom. The zero-order valence-corrected chi connectivity index (χ0v) is 23.4. The third kappa shape index (κ3) is 6.37. The van der Waals surface area contributed by atoms with E-state index in [0.29, 0.717) is 38.5 Å². The molecule has 1 atom stereocenters. The first kappa shape index (κ1) is 27.7. The quantitative estimate of drug-likeness (QED) is 0.443. The molecule has 1 aliphatic rings. The number of amides is 1. The van der Waals surface area contributed by atoms with Crippen molar-refractivity contribution in [2.75, 3.05) is 37.7 Å². The summed E-state index contributed by atoms with van der Waals surface area (Å²) in [6.45, 7) is 10.9. The maximum Gasteiger partial charge on any atom is 0.241 e. The predicted molar refractivity (Wildman–Crippen MR) is 151 cm³/mol. The Morgan fingerprint density at radius 3 is 2.29 bits per heavy atom. The van der Waals surface area contributed by atoms with Gasteiger partial charge in [0.05, 0.1) is 11.5 Å². The zero-order valence-electron chi connectivity index (χ0n) is 22.6. The van der Waals surface area contributed by atoms with Crippen LogP contribution in [0.15, 0.2) is 71.6 Å². The molecule has 1 aliphatic heterocycles. The highest BCUT2D eigenvalue weighted by Gasteiger charge is 2.32. The molecule has 8 heteroatoms. The monoisotopic (exact) mass is 535 g/mol. The van der Waals surface area contributed by atoms with Crippen molar-refractivity contribution in [3.63, 3.8) is 0 Å². The number of nitrogens with zero attached hydrogens (tertiary/aromatic N) is 2. The molecule has 0 spiro atoms. The van der Waals surface area contributed by atoms with E-state index in [1.54, 1.807) is 17.0 Å². The van der Waals surface area contributed by atoms with Crippen LogP contribution in [0.25, 0.3) is 0 Å². The van der Waals surface area contributed by atoms with E-state index in [2.05, 4.69) is 41.7 Å². The lowest BCUT2D eigenvalue weighted by molar-refractivity contribution is -0.133. The second-order valence-electron chi connectivity index (χ2n) is 9.76. The molecule has 1 unspecified atom stereocenters. The first-order chi connectivity index (χ1) is 18.2. The number of hydrogen-bond donors (Lipinski definition) is 1. The average Bonchev–Trinajstić information content (AvgIpc) is 2.91. The van der Waals surface area contributed by atoms with Gasteiger partial charge in [0, 0.05) is 31.9 Å². The average molecular weight is 536 g/mol. The van der Waals surface area contributed by atoms with Gasteiger partial charge in [-0.1, -0.05) is 42.5 Å². The number of nitrogens with one attached hydrogen (secondary N) is 1. The van der Waals surface area contributed by atoms with Crippen molar-refractivity contribution in [3.05, 3.63) is 89.0 Å². The van der Waals surface area contributed by atoms with Gasteiger partial charge in [0.2, 0.25) is 15.9 Å². The SMILES string of the molecule is CCOc1ccc(S(=O)(=O)NC(Cc2ccccc2)C(=O)N2CCN(c3cccc(C)c3C)CC2)cc1C. The van der Waals surface area contributed by atoms with E-state index >= 15 is 0 Å². The van der Waals surface area contributed by atoms with Crippen LogP contribution >= 0.6 is 0 Å². The Hall–Kier alpha value is -3.36. The molecule has 1 N–H and O–H groups in total. The van der Waals surface area contributed by atoms with Crippen molar-refractivity contribution in [2.24, 2.45) is 0 Å². The summed E-state index contributed by atoms with van der Waals surface area (Å²) in [5, 5.41) is 0. The van der Waals surface area contributed by atoms with Crippen LogP contribution in [0.1, 0.15) is 29.2 Å². The third-order valence-electron chi connectivity index (χ3n) is 7.14. The van der Waals surface area contributed by atoms with Crippen molar-refractivity contribution >= 4 is 21.6 Å². The summed E-state index contributed by atoms with van der Waals surface area (Å²) in [4.78, 5) is 17.9. The van der Waals surface area contributed by atoms with Crippen molar-refractivity contribution in [2.45, 2.75) is 45.1 Å². The third-order valence-corrected chi connectivity index (χ3v) is 8.61. The Balaban J connectivity index is 1.53. The van der Waals surface area contributed by atoms with E-state index in [-0.39, 0.29) is 17.2 Å². The number of anilines is 1. The highest BCUT2D eigenvalue weighted by Crippen LogP contribution is 2.25. The normalized spacial score (nSPS) is 14.8. The summed E-state index contributed by atoms with van der Waals surface area (Å²) >= 11 is 0. The van der Waals surface area contributed by atoms with Crippen LogP contribution < -0.4 is 14.4 Å². The summed E-state index contributed by atoms with van der Waals surface area (Å²) in [7, 11) is -3.95. The molecule has 7 nitrogen and oxygen atoms in total. The number of rotatable bonds is 9. The molecule has 1 amide bonds. The summed E-state index contributed by atoms with van der Waals surface area (Å²) < 4.78 is 35.1. The second-order valence-corrected chi connectivity index (χ2v) is 11.5. The fourth-order valence-corrected chi connectivity index (χ4v) is 6.13. The van der Waals surface area contributed by atoms with Crippen molar-refractivity contribution in [3.8, 4) is 5.75 Å². The molecule has 3 aromatic carbocycles. The topological polar surface area (TPSA) is 78.9 Å². The minimum atomic E-state index is -3.95. The van der Waals surface area contributed by atoms with Crippen molar-refractivity contribution < 1.29 is 17.9 Å². The molecular weight excluding hydrogens is 498 g/mol. The van der Waals surface area contributed by atoms with Crippen LogP contribution in [0.2, 0.25) is 0 Å². The molecule has 38 heavy (non-hydrogen) atoms. The molecule has 0 bridgehead atoms. The number of carbonyl (C=O) groups is 1. The van der Waals surface area contributed by atoms with Gasteiger partial charge in [-0.3, -0.25) is 4.79 Å².